The number of fused-ring (bicyclic) bond motifs is 2. The molecule has 0 amide bonds. The third-order valence-corrected chi connectivity index (χ3v) is 5.06. The van der Waals surface area contributed by atoms with E-state index in [1.165, 1.54) is 0 Å². The summed E-state index contributed by atoms with van der Waals surface area (Å²) in [6.45, 7) is 2.09. The zero-order valence-electron chi connectivity index (χ0n) is 13.8. The van der Waals surface area contributed by atoms with Gasteiger partial charge in [-0.15, -0.1) is 0 Å². The van der Waals surface area contributed by atoms with Crippen LogP contribution in [-0.2, 0) is 12.7 Å². The number of halogens is 3. The van der Waals surface area contributed by atoms with E-state index in [0.717, 1.165) is 30.9 Å². The fraction of sp³-hybridized carbons (Fsp3) is 0.389. The van der Waals surface area contributed by atoms with Crippen LogP contribution < -0.4 is 4.90 Å². The standard InChI is InChI=1S/C18H16F3N5/c19-18(20,21)16-6-17(24-11-23-16)25-9-14-5-15(10-25)26(14)8-13-3-1-12(7-22)2-4-13/h1-4,6,11,14-15H,5,8-10H2. The number of piperazine rings is 1. The molecule has 3 aliphatic heterocycles. The molecule has 2 bridgehead atoms. The van der Waals surface area contributed by atoms with Crippen LogP contribution >= 0.6 is 0 Å². The Balaban J connectivity index is 1.43. The number of nitriles is 1. The summed E-state index contributed by atoms with van der Waals surface area (Å²) in [5.74, 6) is 0.333. The number of hydrogen-bond donors (Lipinski definition) is 0. The van der Waals surface area contributed by atoms with Crippen molar-refractivity contribution in [1.29, 1.82) is 5.26 Å². The molecule has 26 heavy (non-hydrogen) atoms. The van der Waals surface area contributed by atoms with E-state index in [1.54, 1.807) is 12.1 Å². The molecule has 4 heterocycles. The Kier molecular flexibility index (Phi) is 4.04. The average Bonchev–Trinajstić information content (AvgIpc) is 2.66. The number of alkyl halides is 3. The summed E-state index contributed by atoms with van der Waals surface area (Å²) in [7, 11) is 0. The van der Waals surface area contributed by atoms with Crippen LogP contribution in [0.3, 0.4) is 0 Å². The molecule has 0 spiro atoms. The van der Waals surface area contributed by atoms with Crippen LogP contribution in [-0.4, -0.2) is 40.0 Å². The highest BCUT2D eigenvalue weighted by atomic mass is 19.4. The molecule has 2 aromatic rings. The van der Waals surface area contributed by atoms with E-state index in [1.807, 2.05) is 17.0 Å². The van der Waals surface area contributed by atoms with E-state index in [4.69, 9.17) is 5.26 Å². The quantitative estimate of drug-likeness (QED) is 0.844. The molecule has 5 nitrogen and oxygen atoms in total. The van der Waals surface area contributed by atoms with Crippen LogP contribution in [0.1, 0.15) is 23.2 Å². The van der Waals surface area contributed by atoms with Gasteiger partial charge in [0.05, 0.1) is 11.6 Å². The smallest absolute Gasteiger partial charge is 0.353 e. The topological polar surface area (TPSA) is 56.1 Å². The predicted octanol–water partition coefficient (Wildman–Crippen LogP) is 2.83. The summed E-state index contributed by atoms with van der Waals surface area (Å²) in [4.78, 5) is 11.6. The summed E-state index contributed by atoms with van der Waals surface area (Å²) in [5.41, 5.74) is 0.859. The lowest BCUT2D eigenvalue weighted by Gasteiger charge is -2.56. The van der Waals surface area contributed by atoms with Crippen molar-refractivity contribution in [2.75, 3.05) is 18.0 Å². The lowest BCUT2D eigenvalue weighted by molar-refractivity contribution is -0.141. The van der Waals surface area contributed by atoms with Crippen molar-refractivity contribution in [3.63, 3.8) is 0 Å². The molecule has 2 atom stereocenters. The summed E-state index contributed by atoms with van der Waals surface area (Å²) >= 11 is 0. The van der Waals surface area contributed by atoms with E-state index >= 15 is 0 Å². The molecule has 5 rings (SSSR count). The predicted molar refractivity (Wildman–Crippen MR) is 88.1 cm³/mol. The van der Waals surface area contributed by atoms with Crippen LogP contribution in [0.4, 0.5) is 19.0 Å². The molecule has 134 valence electrons. The van der Waals surface area contributed by atoms with Gasteiger partial charge >= 0.3 is 6.18 Å². The third-order valence-electron chi connectivity index (χ3n) is 5.06. The minimum absolute atomic E-state index is 0.300. The molecule has 1 aromatic carbocycles. The highest BCUT2D eigenvalue weighted by Gasteiger charge is 2.45. The number of nitrogens with zero attached hydrogens (tertiary/aromatic N) is 5. The van der Waals surface area contributed by atoms with Gasteiger partial charge in [0.2, 0.25) is 0 Å². The lowest BCUT2D eigenvalue weighted by Crippen LogP contribution is -2.68. The first kappa shape index (κ1) is 16.8. The summed E-state index contributed by atoms with van der Waals surface area (Å²) in [6, 6.07) is 11.2. The second-order valence-electron chi connectivity index (χ2n) is 6.69. The van der Waals surface area contributed by atoms with Crippen molar-refractivity contribution in [2.24, 2.45) is 0 Å². The maximum absolute atomic E-state index is 12.8. The Hall–Kier alpha value is -2.66. The number of hydrogen-bond acceptors (Lipinski definition) is 5. The number of benzene rings is 1. The van der Waals surface area contributed by atoms with E-state index in [2.05, 4.69) is 20.9 Å². The normalized spacial score (nSPS) is 22.6. The molecule has 3 aliphatic rings. The monoisotopic (exact) mass is 359 g/mol. The van der Waals surface area contributed by atoms with Crippen LogP contribution in [0.15, 0.2) is 36.7 Å². The number of anilines is 1. The van der Waals surface area contributed by atoms with Crippen molar-refractivity contribution >= 4 is 5.82 Å². The Morgan fingerprint density at radius 2 is 1.81 bits per heavy atom. The van der Waals surface area contributed by atoms with E-state index < -0.39 is 11.9 Å². The minimum atomic E-state index is -4.46. The first-order valence-corrected chi connectivity index (χ1v) is 8.33. The Morgan fingerprint density at radius 1 is 1.12 bits per heavy atom. The summed E-state index contributed by atoms with van der Waals surface area (Å²) in [6.07, 6.45) is -2.44. The average molecular weight is 359 g/mol. The Bertz CT molecular complexity index is 831. The van der Waals surface area contributed by atoms with Gasteiger partial charge in [-0.05, 0) is 24.1 Å². The fourth-order valence-corrected chi connectivity index (χ4v) is 3.70. The van der Waals surface area contributed by atoms with Crippen LogP contribution in [0.25, 0.3) is 0 Å². The van der Waals surface area contributed by atoms with Crippen molar-refractivity contribution in [2.45, 2.75) is 31.2 Å². The minimum Gasteiger partial charge on any atom is -0.353 e. The van der Waals surface area contributed by atoms with Gasteiger partial charge in [-0.2, -0.15) is 18.4 Å². The van der Waals surface area contributed by atoms with Crippen molar-refractivity contribution in [1.82, 2.24) is 14.9 Å². The molecule has 0 saturated carbocycles. The molecule has 2 unspecified atom stereocenters. The van der Waals surface area contributed by atoms with E-state index in [9.17, 15) is 13.2 Å². The van der Waals surface area contributed by atoms with Gasteiger partial charge < -0.3 is 4.90 Å². The molecule has 0 N–H and O–H groups in total. The highest BCUT2D eigenvalue weighted by molar-refractivity contribution is 5.42. The van der Waals surface area contributed by atoms with Crippen LogP contribution in [0.5, 0.6) is 0 Å². The second kappa shape index (κ2) is 6.25. The molecular weight excluding hydrogens is 343 g/mol. The van der Waals surface area contributed by atoms with Crippen molar-refractivity contribution in [3.05, 3.63) is 53.5 Å². The molecule has 1 aromatic heterocycles. The highest BCUT2D eigenvalue weighted by Crippen LogP contribution is 2.36. The first-order chi connectivity index (χ1) is 12.4. The van der Waals surface area contributed by atoms with Gasteiger partial charge in [0.1, 0.15) is 17.8 Å². The zero-order chi connectivity index (χ0) is 18.3. The SMILES string of the molecule is N#Cc1ccc(CN2C3CC2CN(c2cc(C(F)(F)F)ncn2)C3)cc1. The lowest BCUT2D eigenvalue weighted by atomic mass is 9.86. The third kappa shape index (κ3) is 3.10. The molecular formula is C18H16F3N5. The molecule has 3 fully saturated rings. The summed E-state index contributed by atoms with van der Waals surface area (Å²) in [5, 5.41) is 8.86. The molecule has 3 saturated heterocycles. The number of aromatic nitrogens is 2. The van der Waals surface area contributed by atoms with Gasteiger partial charge in [0.15, 0.2) is 0 Å². The zero-order valence-corrected chi connectivity index (χ0v) is 13.8. The van der Waals surface area contributed by atoms with Crippen LogP contribution in [0.2, 0.25) is 0 Å². The van der Waals surface area contributed by atoms with Gasteiger partial charge in [-0.25, -0.2) is 9.97 Å². The molecule has 0 aliphatic carbocycles. The Labute approximate surface area is 148 Å². The molecule has 0 radical (unpaired) electrons. The maximum atomic E-state index is 12.8. The molecule has 8 heteroatoms. The maximum Gasteiger partial charge on any atom is 0.433 e. The Morgan fingerprint density at radius 3 is 2.42 bits per heavy atom. The van der Waals surface area contributed by atoms with Crippen molar-refractivity contribution in [3.8, 4) is 6.07 Å². The first-order valence-electron chi connectivity index (χ1n) is 8.33. The van der Waals surface area contributed by atoms with Crippen LogP contribution in [0, 0.1) is 11.3 Å². The van der Waals surface area contributed by atoms with Crippen molar-refractivity contribution < 1.29 is 13.2 Å². The van der Waals surface area contributed by atoms with Gasteiger partial charge in [-0.3, -0.25) is 4.90 Å². The second-order valence-corrected chi connectivity index (χ2v) is 6.69. The largest absolute Gasteiger partial charge is 0.433 e. The van der Waals surface area contributed by atoms with Gasteiger partial charge in [-0.1, -0.05) is 12.1 Å². The van der Waals surface area contributed by atoms with Gasteiger partial charge in [0, 0.05) is 37.8 Å². The number of rotatable bonds is 3. The number of piperidine rings is 1. The van der Waals surface area contributed by atoms with E-state index in [-0.39, 0.29) is 0 Å². The van der Waals surface area contributed by atoms with Gasteiger partial charge in [0.25, 0.3) is 0 Å². The fourth-order valence-electron chi connectivity index (χ4n) is 3.70. The summed E-state index contributed by atoms with van der Waals surface area (Å²) < 4.78 is 38.5. The van der Waals surface area contributed by atoms with E-state index in [0.29, 0.717) is 36.6 Å².